The Bertz CT molecular complexity index is 1280. The van der Waals surface area contributed by atoms with Crippen LogP contribution in [0.2, 0.25) is 0 Å². The van der Waals surface area contributed by atoms with Crippen LogP contribution < -0.4 is 15.4 Å². The fourth-order valence-corrected chi connectivity index (χ4v) is 4.13. The molecule has 0 aliphatic rings. The highest BCUT2D eigenvalue weighted by molar-refractivity contribution is 7.90. The number of hydrogen-bond donors (Lipinski definition) is 2. The molecular weight excluding hydrogens is 447 g/mol. The Balaban J connectivity index is 1.82. The van der Waals surface area contributed by atoms with Crippen LogP contribution in [0.1, 0.15) is 26.3 Å². The standard InChI is InChI=1S/C23H23FN4O4S/c1-27(2)33(31,32)28(21-9-4-3-8-20(21)24)15-16-10-12-17(13-11-16)23(30)26-19-7-5-6-18(14-19)22(25)29/h3-14H,15H2,1-2H3,(H2,25,29)(H,26,30). The lowest BCUT2D eigenvalue weighted by atomic mass is 10.1. The minimum absolute atomic E-state index is 0.0812. The van der Waals surface area contributed by atoms with Gasteiger partial charge in [0, 0.05) is 30.9 Å². The van der Waals surface area contributed by atoms with Crippen LogP contribution in [0.25, 0.3) is 0 Å². The van der Waals surface area contributed by atoms with Crippen molar-refractivity contribution < 1.29 is 22.4 Å². The lowest BCUT2D eigenvalue weighted by molar-refractivity contribution is 0.0996. The van der Waals surface area contributed by atoms with Crippen LogP contribution in [-0.4, -0.2) is 38.6 Å². The van der Waals surface area contributed by atoms with Crippen LogP contribution in [-0.2, 0) is 16.8 Å². The molecule has 3 aromatic carbocycles. The third-order valence-electron chi connectivity index (χ3n) is 4.81. The number of nitrogens with zero attached hydrogens (tertiary/aromatic N) is 2. The maximum absolute atomic E-state index is 14.4. The smallest absolute Gasteiger partial charge is 0.303 e. The molecule has 0 bridgehead atoms. The van der Waals surface area contributed by atoms with Gasteiger partial charge < -0.3 is 11.1 Å². The minimum atomic E-state index is -3.98. The van der Waals surface area contributed by atoms with E-state index in [1.165, 1.54) is 56.6 Å². The highest BCUT2D eigenvalue weighted by Gasteiger charge is 2.27. The van der Waals surface area contributed by atoms with E-state index in [9.17, 15) is 22.4 Å². The number of halogens is 1. The highest BCUT2D eigenvalue weighted by atomic mass is 32.2. The zero-order valence-electron chi connectivity index (χ0n) is 18.0. The summed E-state index contributed by atoms with van der Waals surface area (Å²) in [4.78, 5) is 23.9. The number of anilines is 2. The van der Waals surface area contributed by atoms with E-state index in [0.717, 1.165) is 8.61 Å². The largest absolute Gasteiger partial charge is 0.366 e. The molecule has 33 heavy (non-hydrogen) atoms. The Labute approximate surface area is 191 Å². The molecule has 0 spiro atoms. The predicted molar refractivity (Wildman–Crippen MR) is 125 cm³/mol. The molecule has 3 N–H and O–H groups in total. The molecule has 10 heteroatoms. The van der Waals surface area contributed by atoms with E-state index in [1.54, 1.807) is 30.3 Å². The van der Waals surface area contributed by atoms with Crippen molar-refractivity contribution in [3.63, 3.8) is 0 Å². The monoisotopic (exact) mass is 470 g/mol. The molecule has 0 aliphatic carbocycles. The van der Waals surface area contributed by atoms with Crippen LogP contribution in [0.5, 0.6) is 0 Å². The molecule has 0 saturated heterocycles. The normalized spacial score (nSPS) is 11.3. The van der Waals surface area contributed by atoms with Gasteiger partial charge in [0.2, 0.25) is 5.91 Å². The van der Waals surface area contributed by atoms with E-state index >= 15 is 0 Å². The third-order valence-corrected chi connectivity index (χ3v) is 6.61. The fraction of sp³-hybridized carbons (Fsp3) is 0.130. The molecule has 172 valence electrons. The first-order chi connectivity index (χ1) is 15.6. The van der Waals surface area contributed by atoms with E-state index in [1.807, 2.05) is 0 Å². The SMILES string of the molecule is CN(C)S(=O)(=O)N(Cc1ccc(C(=O)Nc2cccc(C(N)=O)c2)cc1)c1ccccc1F. The number of amides is 2. The summed E-state index contributed by atoms with van der Waals surface area (Å²) in [6.45, 7) is -0.135. The first-order valence-corrected chi connectivity index (χ1v) is 11.2. The van der Waals surface area contributed by atoms with Gasteiger partial charge in [0.15, 0.2) is 0 Å². The molecule has 3 aromatic rings. The van der Waals surface area contributed by atoms with Crippen molar-refractivity contribution in [2.24, 2.45) is 5.73 Å². The number of nitrogens with one attached hydrogen (secondary N) is 1. The molecular formula is C23H23FN4O4S. The summed E-state index contributed by atoms with van der Waals surface area (Å²) in [5.41, 5.74) is 6.71. The first kappa shape index (κ1) is 23.9. The summed E-state index contributed by atoms with van der Waals surface area (Å²) in [5, 5.41) is 2.68. The van der Waals surface area contributed by atoms with Crippen LogP contribution in [0.15, 0.2) is 72.8 Å². The summed E-state index contributed by atoms with van der Waals surface area (Å²) in [6, 6.07) is 18.1. The zero-order valence-corrected chi connectivity index (χ0v) is 18.8. The van der Waals surface area contributed by atoms with Gasteiger partial charge in [-0.15, -0.1) is 0 Å². The lowest BCUT2D eigenvalue weighted by Crippen LogP contribution is -2.40. The van der Waals surface area contributed by atoms with E-state index in [2.05, 4.69) is 5.32 Å². The van der Waals surface area contributed by atoms with Gasteiger partial charge in [0.25, 0.3) is 5.91 Å². The van der Waals surface area contributed by atoms with Gasteiger partial charge in [-0.2, -0.15) is 12.7 Å². The Kier molecular flexibility index (Phi) is 7.10. The number of carbonyl (C=O) groups is 2. The van der Waals surface area contributed by atoms with Gasteiger partial charge in [-0.25, -0.2) is 4.39 Å². The minimum Gasteiger partial charge on any atom is -0.366 e. The predicted octanol–water partition coefficient (Wildman–Crippen LogP) is 2.99. The van der Waals surface area contributed by atoms with Crippen LogP contribution in [0.3, 0.4) is 0 Å². The van der Waals surface area contributed by atoms with E-state index in [4.69, 9.17) is 5.73 Å². The number of carbonyl (C=O) groups excluding carboxylic acids is 2. The molecule has 3 rings (SSSR count). The number of rotatable bonds is 8. The van der Waals surface area contributed by atoms with Crippen molar-refractivity contribution in [2.45, 2.75) is 6.54 Å². The molecule has 0 radical (unpaired) electrons. The second-order valence-electron chi connectivity index (χ2n) is 7.34. The first-order valence-electron chi connectivity index (χ1n) is 9.84. The molecule has 0 fully saturated rings. The van der Waals surface area contributed by atoms with Crippen LogP contribution in [0.4, 0.5) is 15.8 Å². The van der Waals surface area contributed by atoms with Crippen molar-refractivity contribution in [1.82, 2.24) is 4.31 Å². The molecule has 0 aliphatic heterocycles. The van der Waals surface area contributed by atoms with Gasteiger partial charge in [0.1, 0.15) is 5.82 Å². The number of para-hydroxylation sites is 1. The van der Waals surface area contributed by atoms with Crippen molar-refractivity contribution in [3.8, 4) is 0 Å². The number of nitrogens with two attached hydrogens (primary N) is 1. The fourth-order valence-electron chi connectivity index (χ4n) is 3.02. The highest BCUT2D eigenvalue weighted by Crippen LogP contribution is 2.25. The molecule has 8 nitrogen and oxygen atoms in total. The van der Waals surface area contributed by atoms with Crippen molar-refractivity contribution in [2.75, 3.05) is 23.7 Å². The number of primary amides is 1. The average Bonchev–Trinajstić information content (AvgIpc) is 2.78. The lowest BCUT2D eigenvalue weighted by Gasteiger charge is -2.27. The van der Waals surface area contributed by atoms with E-state index in [-0.39, 0.29) is 17.8 Å². The Morgan fingerprint density at radius 1 is 0.939 bits per heavy atom. The second-order valence-corrected chi connectivity index (χ2v) is 9.41. The Hall–Kier alpha value is -3.76. The molecule has 0 aromatic heterocycles. The zero-order chi connectivity index (χ0) is 24.2. The number of hydrogen-bond acceptors (Lipinski definition) is 4. The summed E-state index contributed by atoms with van der Waals surface area (Å²) in [7, 11) is -1.25. The summed E-state index contributed by atoms with van der Waals surface area (Å²) < 4.78 is 42.0. The van der Waals surface area contributed by atoms with Gasteiger partial charge in [0.05, 0.1) is 12.2 Å². The van der Waals surface area contributed by atoms with E-state index < -0.39 is 27.8 Å². The Morgan fingerprint density at radius 2 is 1.61 bits per heavy atom. The van der Waals surface area contributed by atoms with Crippen molar-refractivity contribution in [1.29, 1.82) is 0 Å². The van der Waals surface area contributed by atoms with Crippen molar-refractivity contribution >= 4 is 33.4 Å². The van der Waals surface area contributed by atoms with E-state index in [0.29, 0.717) is 16.8 Å². The quantitative estimate of drug-likeness (QED) is 0.527. The number of benzene rings is 3. The van der Waals surface area contributed by atoms with Gasteiger partial charge >= 0.3 is 10.2 Å². The summed E-state index contributed by atoms with van der Waals surface area (Å²) >= 11 is 0. The maximum Gasteiger partial charge on any atom is 0.303 e. The van der Waals surface area contributed by atoms with Crippen LogP contribution in [0, 0.1) is 5.82 Å². The topological polar surface area (TPSA) is 113 Å². The van der Waals surface area contributed by atoms with Gasteiger partial charge in [-0.1, -0.05) is 30.3 Å². The molecule has 0 heterocycles. The maximum atomic E-state index is 14.4. The third kappa shape index (κ3) is 5.54. The summed E-state index contributed by atoms with van der Waals surface area (Å²) in [6.07, 6.45) is 0. The summed E-state index contributed by atoms with van der Waals surface area (Å²) in [5.74, 6) is -1.70. The molecule has 0 saturated carbocycles. The van der Waals surface area contributed by atoms with Gasteiger partial charge in [-0.3, -0.25) is 13.9 Å². The second kappa shape index (κ2) is 9.80. The molecule has 2 amide bonds. The molecule has 0 unspecified atom stereocenters. The molecule has 0 atom stereocenters. The van der Waals surface area contributed by atoms with Gasteiger partial charge in [-0.05, 0) is 48.0 Å². The van der Waals surface area contributed by atoms with Crippen molar-refractivity contribution in [3.05, 3.63) is 95.3 Å². The average molecular weight is 471 g/mol. The van der Waals surface area contributed by atoms with Crippen LogP contribution >= 0.6 is 0 Å². The Morgan fingerprint density at radius 3 is 2.21 bits per heavy atom.